The highest BCUT2D eigenvalue weighted by Gasteiger charge is 2.30. The molecule has 0 spiro atoms. The van der Waals surface area contributed by atoms with Gasteiger partial charge in [-0.1, -0.05) is 0 Å². The molecule has 0 amide bonds. The van der Waals surface area contributed by atoms with Gasteiger partial charge in [0.15, 0.2) is 0 Å². The lowest BCUT2D eigenvalue weighted by molar-refractivity contribution is -0.152. The molecule has 1 rings (SSSR count). The van der Waals surface area contributed by atoms with E-state index in [1.54, 1.807) is 10.9 Å². The number of hydrogen-bond donors (Lipinski definition) is 2. The lowest BCUT2D eigenvalue weighted by Crippen LogP contribution is -2.30. The zero-order chi connectivity index (χ0) is 11.3. The van der Waals surface area contributed by atoms with Crippen LogP contribution in [0.2, 0.25) is 0 Å². The van der Waals surface area contributed by atoms with Crippen molar-refractivity contribution in [2.45, 2.75) is 25.2 Å². The zero-order valence-corrected chi connectivity index (χ0v) is 8.61. The minimum atomic E-state index is -4.32. The van der Waals surface area contributed by atoms with Crippen LogP contribution in [-0.4, -0.2) is 28.9 Å². The Morgan fingerprint density at radius 1 is 1.53 bits per heavy atom. The second kappa shape index (κ2) is 5.43. The minimum Gasteiger partial charge on any atom is -0.391 e. The summed E-state index contributed by atoms with van der Waals surface area (Å²) in [6.45, 7) is 0.287. The van der Waals surface area contributed by atoms with Gasteiger partial charge in [0.25, 0.3) is 0 Å². The molecule has 2 N–H and O–H groups in total. The summed E-state index contributed by atoms with van der Waals surface area (Å²) in [7, 11) is 0. The van der Waals surface area contributed by atoms with Gasteiger partial charge in [-0.25, -0.2) is 4.98 Å². The van der Waals surface area contributed by atoms with Crippen molar-refractivity contribution in [3.63, 3.8) is 0 Å². The standard InChI is InChI=1S/C8H11F3N2OS/c9-8(10,11)1-7(14)3-12-2-6-4-15-5-13-6/h4-5,7,12,14H,1-3H2. The number of thiazole rings is 1. The topological polar surface area (TPSA) is 45.1 Å². The van der Waals surface area contributed by atoms with Crippen molar-refractivity contribution in [1.29, 1.82) is 0 Å². The van der Waals surface area contributed by atoms with Gasteiger partial charge >= 0.3 is 6.18 Å². The smallest absolute Gasteiger partial charge is 0.391 e. The molecule has 0 aliphatic rings. The van der Waals surface area contributed by atoms with Crippen LogP contribution < -0.4 is 5.32 Å². The molecule has 1 atom stereocenters. The number of aromatic nitrogens is 1. The van der Waals surface area contributed by atoms with E-state index in [9.17, 15) is 13.2 Å². The van der Waals surface area contributed by atoms with Crippen LogP contribution in [0.5, 0.6) is 0 Å². The second-order valence-corrected chi connectivity index (χ2v) is 3.80. The minimum absolute atomic E-state index is 0.0863. The predicted octanol–water partition coefficient (Wildman–Crippen LogP) is 1.55. The molecule has 1 aromatic rings. The van der Waals surface area contributed by atoms with Crippen LogP contribution in [-0.2, 0) is 6.54 Å². The summed E-state index contributed by atoms with van der Waals surface area (Å²) in [5, 5.41) is 13.5. The molecule has 0 saturated carbocycles. The van der Waals surface area contributed by atoms with Gasteiger partial charge in [-0.05, 0) is 0 Å². The normalized spacial score (nSPS) is 14.1. The van der Waals surface area contributed by atoms with Gasteiger partial charge in [0.05, 0.1) is 23.7 Å². The summed E-state index contributed by atoms with van der Waals surface area (Å²) in [5.41, 5.74) is 2.41. The molecule has 7 heteroatoms. The van der Waals surface area contributed by atoms with Gasteiger partial charge < -0.3 is 10.4 Å². The highest BCUT2D eigenvalue weighted by atomic mass is 32.1. The molecule has 0 saturated heterocycles. The van der Waals surface area contributed by atoms with Gasteiger partial charge in [-0.15, -0.1) is 11.3 Å². The van der Waals surface area contributed by atoms with E-state index in [1.807, 2.05) is 0 Å². The number of hydrogen-bond acceptors (Lipinski definition) is 4. The molecule has 0 aliphatic heterocycles. The van der Waals surface area contributed by atoms with Crippen LogP contribution in [0.25, 0.3) is 0 Å². The number of nitrogens with zero attached hydrogens (tertiary/aromatic N) is 1. The van der Waals surface area contributed by atoms with Crippen LogP contribution in [0, 0.1) is 0 Å². The van der Waals surface area contributed by atoms with Crippen LogP contribution in [0.4, 0.5) is 13.2 Å². The quantitative estimate of drug-likeness (QED) is 0.820. The summed E-state index contributed by atoms with van der Waals surface area (Å²) in [5.74, 6) is 0. The molecule has 1 unspecified atom stereocenters. The van der Waals surface area contributed by atoms with E-state index in [4.69, 9.17) is 5.11 Å². The van der Waals surface area contributed by atoms with Crippen LogP contribution in [0.3, 0.4) is 0 Å². The van der Waals surface area contributed by atoms with E-state index in [1.165, 1.54) is 11.3 Å². The first-order chi connectivity index (χ1) is 6.97. The molecule has 86 valence electrons. The van der Waals surface area contributed by atoms with Gasteiger partial charge in [-0.3, -0.25) is 0 Å². The van der Waals surface area contributed by atoms with Gasteiger partial charge in [0.1, 0.15) is 0 Å². The van der Waals surface area contributed by atoms with Gasteiger partial charge in [0, 0.05) is 18.5 Å². The van der Waals surface area contributed by atoms with Crippen molar-refractivity contribution in [2.75, 3.05) is 6.54 Å². The third-order valence-electron chi connectivity index (χ3n) is 1.64. The molecular formula is C8H11F3N2OS. The van der Waals surface area contributed by atoms with Crippen LogP contribution in [0.15, 0.2) is 10.9 Å². The molecule has 0 radical (unpaired) electrons. The monoisotopic (exact) mass is 240 g/mol. The Bertz CT molecular complexity index is 276. The second-order valence-electron chi connectivity index (χ2n) is 3.08. The van der Waals surface area contributed by atoms with E-state index >= 15 is 0 Å². The maximum atomic E-state index is 11.8. The largest absolute Gasteiger partial charge is 0.391 e. The summed E-state index contributed by atoms with van der Waals surface area (Å²) in [6.07, 6.45) is -6.90. The van der Waals surface area contributed by atoms with Crippen molar-refractivity contribution >= 4 is 11.3 Å². The van der Waals surface area contributed by atoms with E-state index in [-0.39, 0.29) is 6.54 Å². The fourth-order valence-electron chi connectivity index (χ4n) is 1.03. The molecule has 0 bridgehead atoms. The van der Waals surface area contributed by atoms with Gasteiger partial charge in [0.2, 0.25) is 0 Å². The molecule has 15 heavy (non-hydrogen) atoms. The molecule has 1 aromatic heterocycles. The average Bonchev–Trinajstić information content (AvgIpc) is 2.53. The first kappa shape index (κ1) is 12.4. The zero-order valence-electron chi connectivity index (χ0n) is 7.79. The van der Waals surface area contributed by atoms with Crippen molar-refractivity contribution in [2.24, 2.45) is 0 Å². The maximum Gasteiger partial charge on any atom is 0.391 e. The van der Waals surface area contributed by atoms with E-state index in [0.717, 1.165) is 5.69 Å². The SMILES string of the molecule is OC(CNCc1cscn1)CC(F)(F)F. The maximum absolute atomic E-state index is 11.8. The molecule has 0 fully saturated rings. The Hall–Kier alpha value is -0.660. The Balaban J connectivity index is 2.15. The number of nitrogens with one attached hydrogen (secondary N) is 1. The van der Waals surface area contributed by atoms with Crippen molar-refractivity contribution in [3.05, 3.63) is 16.6 Å². The predicted molar refractivity (Wildman–Crippen MR) is 50.5 cm³/mol. The lowest BCUT2D eigenvalue weighted by Gasteiger charge is -2.13. The van der Waals surface area contributed by atoms with E-state index < -0.39 is 18.7 Å². The Morgan fingerprint density at radius 2 is 2.27 bits per heavy atom. The highest BCUT2D eigenvalue weighted by Crippen LogP contribution is 2.21. The van der Waals surface area contributed by atoms with Crippen LogP contribution >= 0.6 is 11.3 Å². The molecule has 0 aromatic carbocycles. The average molecular weight is 240 g/mol. The molecule has 0 aliphatic carbocycles. The number of aliphatic hydroxyl groups is 1. The summed E-state index contributed by atoms with van der Waals surface area (Å²) >= 11 is 1.41. The fourth-order valence-corrected chi connectivity index (χ4v) is 1.59. The summed E-state index contributed by atoms with van der Waals surface area (Å²) in [6, 6.07) is 0. The Morgan fingerprint density at radius 3 is 2.80 bits per heavy atom. The third kappa shape index (κ3) is 5.71. The van der Waals surface area contributed by atoms with E-state index in [2.05, 4.69) is 10.3 Å². The number of rotatable bonds is 5. The van der Waals surface area contributed by atoms with Crippen LogP contribution in [0.1, 0.15) is 12.1 Å². The third-order valence-corrected chi connectivity index (χ3v) is 2.27. The molecule has 3 nitrogen and oxygen atoms in total. The Labute approximate surface area is 89.0 Å². The molecular weight excluding hydrogens is 229 g/mol. The van der Waals surface area contributed by atoms with Crippen molar-refractivity contribution in [3.8, 4) is 0 Å². The number of alkyl halides is 3. The fraction of sp³-hybridized carbons (Fsp3) is 0.625. The molecule has 1 heterocycles. The Kier molecular flexibility index (Phi) is 4.49. The van der Waals surface area contributed by atoms with E-state index in [0.29, 0.717) is 6.54 Å². The van der Waals surface area contributed by atoms with Crippen molar-refractivity contribution < 1.29 is 18.3 Å². The lowest BCUT2D eigenvalue weighted by atomic mass is 10.2. The first-order valence-corrected chi connectivity index (χ1v) is 5.24. The van der Waals surface area contributed by atoms with Crippen molar-refractivity contribution in [1.82, 2.24) is 10.3 Å². The first-order valence-electron chi connectivity index (χ1n) is 4.30. The summed E-state index contributed by atoms with van der Waals surface area (Å²) < 4.78 is 35.4. The van der Waals surface area contributed by atoms with Gasteiger partial charge in [-0.2, -0.15) is 13.2 Å². The number of aliphatic hydroxyl groups excluding tert-OH is 1. The highest BCUT2D eigenvalue weighted by molar-refractivity contribution is 7.07. The number of halogens is 3. The summed E-state index contributed by atoms with van der Waals surface area (Å²) in [4.78, 5) is 3.94.